The smallest absolute Gasteiger partial charge is 0.264 e. The fraction of sp³-hybridized carbons (Fsp3) is 0.429. The van der Waals surface area contributed by atoms with Crippen LogP contribution in [0.4, 0.5) is 0 Å². The molecule has 0 aliphatic heterocycles. The van der Waals surface area contributed by atoms with Crippen LogP contribution in [0.25, 0.3) is 0 Å². The monoisotopic (exact) mass is 493 g/mol. The van der Waals surface area contributed by atoms with Crippen LogP contribution in [-0.2, 0) is 22.6 Å². The highest BCUT2D eigenvalue weighted by Gasteiger charge is 2.30. The van der Waals surface area contributed by atoms with Gasteiger partial charge >= 0.3 is 0 Å². The molecule has 2 aromatic heterocycles. The molecule has 1 aromatic carbocycles. The van der Waals surface area contributed by atoms with Crippen molar-refractivity contribution in [2.45, 2.75) is 51.2 Å². The summed E-state index contributed by atoms with van der Waals surface area (Å²) in [7, 11) is 1.65. The second-order valence-corrected chi connectivity index (χ2v) is 10.1. The highest BCUT2D eigenvalue weighted by Crippen LogP contribution is 2.25. The molecule has 0 radical (unpaired) electrons. The van der Waals surface area contributed by atoms with Crippen molar-refractivity contribution in [3.63, 3.8) is 0 Å². The second-order valence-electron chi connectivity index (χ2n) is 9.12. The van der Waals surface area contributed by atoms with Gasteiger partial charge in [-0.25, -0.2) is 0 Å². The van der Waals surface area contributed by atoms with Crippen LogP contribution in [0.1, 0.15) is 53.0 Å². The largest absolute Gasteiger partial charge is 0.383 e. The summed E-state index contributed by atoms with van der Waals surface area (Å²) < 4.78 is 7.49. The summed E-state index contributed by atoms with van der Waals surface area (Å²) in [5.41, 5.74) is 2.27. The average Bonchev–Trinajstić information content (AvgIpc) is 3.58. The molecule has 0 N–H and O–H groups in total. The van der Waals surface area contributed by atoms with Crippen LogP contribution >= 0.6 is 11.3 Å². The van der Waals surface area contributed by atoms with E-state index in [-0.39, 0.29) is 24.4 Å². The van der Waals surface area contributed by atoms with Gasteiger partial charge in [-0.2, -0.15) is 0 Å². The Morgan fingerprint density at radius 3 is 2.54 bits per heavy atom. The third kappa shape index (κ3) is 6.83. The van der Waals surface area contributed by atoms with Gasteiger partial charge in [0.2, 0.25) is 5.91 Å². The number of methoxy groups -OCH3 is 1. The first-order chi connectivity index (χ1) is 17.2. The molecule has 0 bridgehead atoms. The Hall–Kier alpha value is -2.90. The Kier molecular flexibility index (Phi) is 9.15. The normalized spacial score (nSPS) is 14.1. The maximum Gasteiger partial charge on any atom is 0.264 e. The number of ether oxygens (including phenoxy) is 1. The SMILES string of the molecule is COCCN(Cc1cccn1Cc1ccccc1)C(=O)CN(C(=O)c1cccs1)C1CCCCC1. The van der Waals surface area contributed by atoms with Gasteiger partial charge in [0, 0.05) is 38.1 Å². The minimum Gasteiger partial charge on any atom is -0.383 e. The lowest BCUT2D eigenvalue weighted by Gasteiger charge is -2.35. The lowest BCUT2D eigenvalue weighted by Crippen LogP contribution is -2.48. The summed E-state index contributed by atoms with van der Waals surface area (Å²) in [4.78, 5) is 31.4. The van der Waals surface area contributed by atoms with Crippen molar-refractivity contribution in [2.24, 2.45) is 0 Å². The summed E-state index contributed by atoms with van der Waals surface area (Å²) in [6.45, 7) is 2.27. The first-order valence-corrected chi connectivity index (χ1v) is 13.3. The second kappa shape index (κ2) is 12.7. The predicted octanol–water partition coefficient (Wildman–Crippen LogP) is 5.05. The van der Waals surface area contributed by atoms with Gasteiger partial charge in [-0.15, -0.1) is 11.3 Å². The van der Waals surface area contributed by atoms with E-state index in [1.54, 1.807) is 7.11 Å². The number of amides is 2. The van der Waals surface area contributed by atoms with Gasteiger partial charge in [-0.05, 0) is 42.0 Å². The molecule has 7 heteroatoms. The zero-order valence-corrected chi connectivity index (χ0v) is 21.3. The maximum atomic E-state index is 13.6. The number of benzene rings is 1. The molecule has 0 atom stereocenters. The van der Waals surface area contributed by atoms with Crippen molar-refractivity contribution >= 4 is 23.2 Å². The Bertz CT molecular complexity index is 1060. The number of hydrogen-bond donors (Lipinski definition) is 0. The summed E-state index contributed by atoms with van der Waals surface area (Å²) in [5, 5.41) is 1.92. The Morgan fingerprint density at radius 1 is 1.03 bits per heavy atom. The molecule has 2 heterocycles. The third-order valence-electron chi connectivity index (χ3n) is 6.70. The van der Waals surface area contributed by atoms with Crippen LogP contribution < -0.4 is 0 Å². The van der Waals surface area contributed by atoms with E-state index in [0.29, 0.717) is 24.6 Å². The van der Waals surface area contributed by atoms with Crippen LogP contribution in [-0.4, -0.2) is 59.0 Å². The van der Waals surface area contributed by atoms with E-state index in [1.165, 1.54) is 23.3 Å². The van der Waals surface area contributed by atoms with Gasteiger partial charge in [-0.1, -0.05) is 55.7 Å². The van der Waals surface area contributed by atoms with Crippen molar-refractivity contribution in [3.05, 3.63) is 82.3 Å². The van der Waals surface area contributed by atoms with Gasteiger partial charge in [0.15, 0.2) is 0 Å². The quantitative estimate of drug-likeness (QED) is 0.376. The zero-order valence-electron chi connectivity index (χ0n) is 20.5. The van der Waals surface area contributed by atoms with Crippen LogP contribution in [0.3, 0.4) is 0 Å². The van der Waals surface area contributed by atoms with E-state index < -0.39 is 0 Å². The maximum absolute atomic E-state index is 13.6. The van der Waals surface area contributed by atoms with Gasteiger partial charge in [0.25, 0.3) is 5.91 Å². The molecule has 0 saturated heterocycles. The van der Waals surface area contributed by atoms with Crippen LogP contribution in [0.5, 0.6) is 0 Å². The topological polar surface area (TPSA) is 54.8 Å². The summed E-state index contributed by atoms with van der Waals surface area (Å²) in [5.74, 6) is -0.0654. The fourth-order valence-corrected chi connectivity index (χ4v) is 5.44. The molecule has 1 aliphatic carbocycles. The number of nitrogens with zero attached hydrogens (tertiary/aromatic N) is 3. The molecule has 3 aromatic rings. The van der Waals surface area contributed by atoms with E-state index in [2.05, 4.69) is 29.0 Å². The van der Waals surface area contributed by atoms with Crippen LogP contribution in [0.2, 0.25) is 0 Å². The Morgan fingerprint density at radius 2 is 1.83 bits per heavy atom. The van der Waals surface area contributed by atoms with Crippen molar-refractivity contribution in [3.8, 4) is 0 Å². The molecule has 1 saturated carbocycles. The highest BCUT2D eigenvalue weighted by molar-refractivity contribution is 7.12. The molecule has 186 valence electrons. The standard InChI is InChI=1S/C28H35N3O3S/c1-34-18-17-30(21-25-14-8-16-29(25)20-23-10-4-2-5-11-23)27(32)22-31(24-12-6-3-7-13-24)28(33)26-15-9-19-35-26/h2,4-5,8-11,14-16,19,24H,3,6-7,12-13,17-18,20-22H2,1H3. The third-order valence-corrected chi connectivity index (χ3v) is 7.56. The average molecular weight is 494 g/mol. The molecule has 6 nitrogen and oxygen atoms in total. The molecule has 4 rings (SSSR count). The number of aromatic nitrogens is 1. The van der Waals surface area contributed by atoms with Crippen LogP contribution in [0, 0.1) is 0 Å². The number of carbonyl (C=O) groups excluding carboxylic acids is 2. The fourth-order valence-electron chi connectivity index (χ4n) is 4.76. The van der Waals surface area contributed by atoms with Crippen molar-refractivity contribution in [1.29, 1.82) is 0 Å². The van der Waals surface area contributed by atoms with Gasteiger partial charge in [0.05, 0.1) is 18.0 Å². The number of hydrogen-bond acceptors (Lipinski definition) is 4. The minimum absolute atomic E-state index is 0.0283. The van der Waals surface area contributed by atoms with Crippen molar-refractivity contribution in [1.82, 2.24) is 14.4 Å². The minimum atomic E-state index is -0.0370. The van der Waals surface area contributed by atoms with E-state index in [9.17, 15) is 9.59 Å². The molecule has 1 aliphatic rings. The molecular formula is C28H35N3O3S. The van der Waals surface area contributed by atoms with E-state index >= 15 is 0 Å². The van der Waals surface area contributed by atoms with Gasteiger partial charge < -0.3 is 19.1 Å². The summed E-state index contributed by atoms with van der Waals surface area (Å²) >= 11 is 1.44. The predicted molar refractivity (Wildman–Crippen MR) is 139 cm³/mol. The van der Waals surface area contributed by atoms with E-state index in [4.69, 9.17) is 4.74 Å². The molecule has 0 unspecified atom stereocenters. The highest BCUT2D eigenvalue weighted by atomic mass is 32.1. The summed E-state index contributed by atoms with van der Waals surface area (Å²) in [6, 6.07) is 18.3. The summed E-state index contributed by atoms with van der Waals surface area (Å²) in [6.07, 6.45) is 7.38. The van der Waals surface area contributed by atoms with E-state index in [1.807, 2.05) is 51.6 Å². The lowest BCUT2D eigenvalue weighted by molar-refractivity contribution is -0.133. The van der Waals surface area contributed by atoms with Crippen molar-refractivity contribution < 1.29 is 14.3 Å². The first-order valence-electron chi connectivity index (χ1n) is 12.4. The lowest BCUT2D eigenvalue weighted by atomic mass is 9.94. The van der Waals surface area contributed by atoms with Crippen molar-refractivity contribution in [2.75, 3.05) is 26.8 Å². The molecular weight excluding hydrogens is 458 g/mol. The molecule has 0 spiro atoms. The van der Waals surface area contributed by atoms with Gasteiger partial charge in [-0.3, -0.25) is 9.59 Å². The molecule has 1 fully saturated rings. The number of rotatable bonds is 11. The van der Waals surface area contributed by atoms with E-state index in [0.717, 1.165) is 37.9 Å². The van der Waals surface area contributed by atoms with Gasteiger partial charge in [0.1, 0.15) is 6.54 Å². The zero-order chi connectivity index (χ0) is 24.5. The molecule has 2 amide bonds. The number of thiophene rings is 1. The Balaban J connectivity index is 1.50. The first kappa shape index (κ1) is 25.2. The Labute approximate surface area is 212 Å². The molecule has 35 heavy (non-hydrogen) atoms. The number of carbonyl (C=O) groups is 2. The van der Waals surface area contributed by atoms with Crippen LogP contribution in [0.15, 0.2) is 66.2 Å².